The molecule has 0 fully saturated rings. The number of Topliss-reactive ketones (excluding diaryl/α,β-unsaturated/α-hetero) is 1. The standard InChI is InChI=1S/C17H24N2O4/c1-7-23-16(21)17(2,3)15(20)14(18-19(4)5)12-8-10-13(22-6)11-9-12/h8-11H,7H2,1-6H3/b18-14+. The molecule has 0 amide bonds. The van der Waals surface area contributed by atoms with E-state index in [2.05, 4.69) is 5.10 Å². The van der Waals surface area contributed by atoms with Crippen molar-refractivity contribution >= 4 is 17.5 Å². The molecule has 0 aromatic heterocycles. The van der Waals surface area contributed by atoms with E-state index in [4.69, 9.17) is 9.47 Å². The number of carbonyl (C=O) groups is 2. The van der Waals surface area contributed by atoms with Crippen LogP contribution in [0.3, 0.4) is 0 Å². The molecule has 0 atom stereocenters. The van der Waals surface area contributed by atoms with Gasteiger partial charge >= 0.3 is 5.97 Å². The molecule has 1 rings (SSSR count). The first-order valence-electron chi connectivity index (χ1n) is 7.36. The lowest BCUT2D eigenvalue weighted by Gasteiger charge is -2.22. The number of benzene rings is 1. The summed E-state index contributed by atoms with van der Waals surface area (Å²) in [5.41, 5.74) is -0.497. The maximum atomic E-state index is 12.9. The average molecular weight is 320 g/mol. The number of ether oxygens (including phenoxy) is 2. The summed E-state index contributed by atoms with van der Waals surface area (Å²) in [7, 11) is 5.00. The van der Waals surface area contributed by atoms with Crippen molar-refractivity contribution in [1.29, 1.82) is 0 Å². The zero-order valence-corrected chi connectivity index (χ0v) is 14.5. The Hall–Kier alpha value is -2.37. The van der Waals surface area contributed by atoms with E-state index < -0.39 is 17.2 Å². The van der Waals surface area contributed by atoms with Gasteiger partial charge < -0.3 is 14.5 Å². The molecule has 0 N–H and O–H groups in total. The van der Waals surface area contributed by atoms with Crippen molar-refractivity contribution in [3.63, 3.8) is 0 Å². The Morgan fingerprint density at radius 1 is 1.17 bits per heavy atom. The number of hydrazone groups is 1. The van der Waals surface area contributed by atoms with Crippen molar-refractivity contribution in [2.45, 2.75) is 20.8 Å². The smallest absolute Gasteiger partial charge is 0.319 e. The summed E-state index contributed by atoms with van der Waals surface area (Å²) in [5, 5.41) is 5.79. The van der Waals surface area contributed by atoms with Crippen molar-refractivity contribution in [1.82, 2.24) is 5.01 Å². The number of esters is 1. The number of nitrogens with zero attached hydrogens (tertiary/aromatic N) is 2. The van der Waals surface area contributed by atoms with Crippen LogP contribution in [-0.2, 0) is 14.3 Å². The minimum Gasteiger partial charge on any atom is -0.497 e. The Labute approximate surface area is 137 Å². The zero-order valence-electron chi connectivity index (χ0n) is 14.5. The fourth-order valence-corrected chi connectivity index (χ4v) is 1.88. The second-order valence-corrected chi connectivity index (χ2v) is 5.70. The molecule has 0 spiro atoms. The minimum absolute atomic E-state index is 0.204. The molecule has 0 aliphatic heterocycles. The Bertz CT molecular complexity index is 589. The minimum atomic E-state index is -1.31. The van der Waals surface area contributed by atoms with Gasteiger partial charge in [0, 0.05) is 19.7 Å². The van der Waals surface area contributed by atoms with Crippen molar-refractivity contribution in [3.05, 3.63) is 29.8 Å². The van der Waals surface area contributed by atoms with Gasteiger partial charge in [0.15, 0.2) is 5.78 Å². The fourth-order valence-electron chi connectivity index (χ4n) is 1.88. The van der Waals surface area contributed by atoms with Gasteiger partial charge in [-0.1, -0.05) is 0 Å². The predicted octanol–water partition coefficient (Wildman–Crippen LogP) is 2.12. The summed E-state index contributed by atoms with van der Waals surface area (Å²) in [5.74, 6) is -0.283. The summed E-state index contributed by atoms with van der Waals surface area (Å²) < 4.78 is 10.1. The highest BCUT2D eigenvalue weighted by Crippen LogP contribution is 2.23. The van der Waals surface area contributed by atoms with Gasteiger partial charge in [-0.2, -0.15) is 5.10 Å². The second kappa shape index (κ2) is 7.76. The van der Waals surface area contributed by atoms with Crippen LogP contribution in [0.4, 0.5) is 0 Å². The summed E-state index contributed by atoms with van der Waals surface area (Å²) in [6.45, 7) is 5.01. The van der Waals surface area contributed by atoms with E-state index in [1.54, 1.807) is 66.2 Å². The lowest BCUT2D eigenvalue weighted by molar-refractivity contribution is -0.156. The summed E-state index contributed by atoms with van der Waals surface area (Å²) in [6, 6.07) is 6.96. The van der Waals surface area contributed by atoms with Crippen molar-refractivity contribution in [2.24, 2.45) is 10.5 Å². The Morgan fingerprint density at radius 2 is 1.74 bits per heavy atom. The number of rotatable bonds is 7. The molecule has 23 heavy (non-hydrogen) atoms. The van der Waals surface area contributed by atoms with Crippen LogP contribution >= 0.6 is 0 Å². The predicted molar refractivity (Wildman–Crippen MR) is 88.6 cm³/mol. The van der Waals surface area contributed by atoms with Crippen LogP contribution in [0.15, 0.2) is 29.4 Å². The first kappa shape index (κ1) is 18.7. The fraction of sp³-hybridized carbons (Fsp3) is 0.471. The lowest BCUT2D eigenvalue weighted by atomic mass is 9.83. The van der Waals surface area contributed by atoms with Crippen LogP contribution in [0, 0.1) is 5.41 Å². The molecule has 6 heteroatoms. The van der Waals surface area contributed by atoms with E-state index >= 15 is 0 Å². The largest absolute Gasteiger partial charge is 0.497 e. The summed E-state index contributed by atoms with van der Waals surface area (Å²) >= 11 is 0. The number of hydrogen-bond donors (Lipinski definition) is 0. The van der Waals surface area contributed by atoms with Gasteiger partial charge in [0.05, 0.1) is 13.7 Å². The second-order valence-electron chi connectivity index (χ2n) is 5.70. The first-order chi connectivity index (χ1) is 10.7. The van der Waals surface area contributed by atoms with E-state index in [0.717, 1.165) is 0 Å². The molecule has 1 aromatic carbocycles. The highest BCUT2D eigenvalue weighted by atomic mass is 16.5. The molecule has 0 unspecified atom stereocenters. The van der Waals surface area contributed by atoms with Gasteiger partial charge in [0.25, 0.3) is 0 Å². The molecule has 0 aliphatic carbocycles. The van der Waals surface area contributed by atoms with E-state index in [1.807, 2.05) is 0 Å². The average Bonchev–Trinajstić information content (AvgIpc) is 2.52. The Morgan fingerprint density at radius 3 is 2.17 bits per heavy atom. The molecule has 0 saturated heterocycles. The molecule has 0 aliphatic rings. The lowest BCUT2D eigenvalue weighted by Crippen LogP contribution is -2.40. The van der Waals surface area contributed by atoms with Crippen LogP contribution in [-0.4, -0.2) is 50.3 Å². The van der Waals surface area contributed by atoms with Crippen molar-refractivity contribution in [2.75, 3.05) is 27.8 Å². The Balaban J connectivity index is 3.26. The van der Waals surface area contributed by atoms with Crippen molar-refractivity contribution < 1.29 is 19.1 Å². The number of ketones is 1. The molecule has 0 bridgehead atoms. The van der Waals surface area contributed by atoms with E-state index in [9.17, 15) is 9.59 Å². The third kappa shape index (κ3) is 4.55. The van der Waals surface area contributed by atoms with Gasteiger partial charge in [-0.3, -0.25) is 9.59 Å². The van der Waals surface area contributed by atoms with E-state index in [1.165, 1.54) is 5.01 Å². The van der Waals surface area contributed by atoms with Crippen LogP contribution < -0.4 is 4.74 Å². The molecule has 0 saturated carbocycles. The maximum Gasteiger partial charge on any atom is 0.319 e. The molecule has 6 nitrogen and oxygen atoms in total. The third-order valence-corrected chi connectivity index (χ3v) is 3.23. The Kier molecular flexibility index (Phi) is 6.30. The van der Waals surface area contributed by atoms with E-state index in [-0.39, 0.29) is 12.3 Å². The van der Waals surface area contributed by atoms with Crippen LogP contribution in [0.25, 0.3) is 0 Å². The third-order valence-electron chi connectivity index (χ3n) is 3.23. The summed E-state index contributed by atoms with van der Waals surface area (Å²) in [6.07, 6.45) is 0. The van der Waals surface area contributed by atoms with Crippen LogP contribution in [0.5, 0.6) is 5.75 Å². The zero-order chi connectivity index (χ0) is 17.6. The van der Waals surface area contributed by atoms with Gasteiger partial charge in [-0.15, -0.1) is 0 Å². The summed E-state index contributed by atoms with van der Waals surface area (Å²) in [4.78, 5) is 25.0. The monoisotopic (exact) mass is 320 g/mol. The molecule has 0 radical (unpaired) electrons. The van der Waals surface area contributed by atoms with Gasteiger partial charge in [-0.25, -0.2) is 0 Å². The molecular weight excluding hydrogens is 296 g/mol. The molecule has 1 aromatic rings. The normalized spacial score (nSPS) is 11.8. The highest BCUT2D eigenvalue weighted by Gasteiger charge is 2.40. The molecule has 0 heterocycles. The van der Waals surface area contributed by atoms with Crippen LogP contribution in [0.2, 0.25) is 0 Å². The first-order valence-corrected chi connectivity index (χ1v) is 7.36. The van der Waals surface area contributed by atoms with Gasteiger partial charge in [0.2, 0.25) is 0 Å². The molecule has 126 valence electrons. The van der Waals surface area contributed by atoms with E-state index in [0.29, 0.717) is 11.3 Å². The number of carbonyl (C=O) groups excluding carboxylic acids is 2. The molecular formula is C17H24N2O4. The quantitative estimate of drug-likeness (QED) is 0.333. The number of hydrogen-bond acceptors (Lipinski definition) is 6. The number of methoxy groups -OCH3 is 1. The topological polar surface area (TPSA) is 68.2 Å². The van der Waals surface area contributed by atoms with Gasteiger partial charge in [0.1, 0.15) is 16.9 Å². The van der Waals surface area contributed by atoms with Crippen molar-refractivity contribution in [3.8, 4) is 5.75 Å². The SMILES string of the molecule is CCOC(=O)C(C)(C)C(=O)/C(=N/N(C)C)c1ccc(OC)cc1. The maximum absolute atomic E-state index is 12.9. The van der Waals surface area contributed by atoms with Crippen LogP contribution in [0.1, 0.15) is 26.3 Å². The highest BCUT2D eigenvalue weighted by molar-refractivity contribution is 6.50. The van der Waals surface area contributed by atoms with Gasteiger partial charge in [-0.05, 0) is 45.0 Å².